The molecule has 4 heterocycles. The van der Waals surface area contributed by atoms with Gasteiger partial charge in [0, 0.05) is 12.4 Å². The lowest BCUT2D eigenvalue weighted by atomic mass is 10.3. The molecule has 0 aliphatic heterocycles. The topological polar surface area (TPSA) is 117 Å². The normalized spacial score (nSPS) is 12.2. The Bertz CT molecular complexity index is 1250. The molecule has 10 heteroatoms. The zero-order valence-electron chi connectivity index (χ0n) is 18.9. The maximum Gasteiger partial charge on any atom is 0.269 e. The molecule has 0 unspecified atom stereocenters. The predicted molar refractivity (Wildman–Crippen MR) is 122 cm³/mol. The molecule has 1 N–H and O–H groups in total. The number of hydrogen-bond acceptors (Lipinski definition) is 8. The Balaban J connectivity index is 1.62. The zero-order chi connectivity index (χ0) is 23.4. The van der Waals surface area contributed by atoms with E-state index >= 15 is 0 Å². The fraction of sp³-hybridized carbons (Fsp3) is 0.304. The van der Waals surface area contributed by atoms with E-state index < -0.39 is 12.0 Å². The van der Waals surface area contributed by atoms with Gasteiger partial charge in [-0.25, -0.2) is 19.9 Å². The van der Waals surface area contributed by atoms with Crippen molar-refractivity contribution in [3.05, 3.63) is 60.3 Å². The number of anilines is 1. The second-order valence-corrected chi connectivity index (χ2v) is 7.82. The van der Waals surface area contributed by atoms with Gasteiger partial charge >= 0.3 is 0 Å². The highest BCUT2D eigenvalue weighted by atomic mass is 16.5. The summed E-state index contributed by atoms with van der Waals surface area (Å²) in [6.07, 6.45) is 5.29. The van der Waals surface area contributed by atoms with E-state index in [-0.39, 0.29) is 18.6 Å². The second kappa shape index (κ2) is 9.70. The monoisotopic (exact) mass is 447 g/mol. The van der Waals surface area contributed by atoms with Crippen LogP contribution in [0.15, 0.2) is 49.2 Å². The van der Waals surface area contributed by atoms with Crippen LogP contribution < -0.4 is 10.1 Å². The van der Waals surface area contributed by atoms with Crippen molar-refractivity contribution >= 4 is 22.8 Å². The quantitative estimate of drug-likeness (QED) is 0.438. The van der Waals surface area contributed by atoms with E-state index in [4.69, 9.17) is 9.47 Å². The van der Waals surface area contributed by atoms with Crippen LogP contribution in [0, 0.1) is 13.8 Å². The molecule has 0 saturated carbocycles. The highest BCUT2D eigenvalue weighted by molar-refractivity contribution is 5.94. The van der Waals surface area contributed by atoms with Crippen LogP contribution in [0.5, 0.6) is 5.88 Å². The van der Waals surface area contributed by atoms with E-state index in [1.165, 1.54) is 6.33 Å². The van der Waals surface area contributed by atoms with Gasteiger partial charge in [0.25, 0.3) is 5.91 Å². The minimum absolute atomic E-state index is 0.0361. The number of aromatic nitrogens is 6. The lowest BCUT2D eigenvalue weighted by Gasteiger charge is -2.19. The number of ether oxygens (including phenoxy) is 2. The lowest BCUT2D eigenvalue weighted by Crippen LogP contribution is -2.38. The summed E-state index contributed by atoms with van der Waals surface area (Å²) in [7, 11) is 0. The number of carbonyl (C=O) groups excluding carboxylic acids is 1. The van der Waals surface area contributed by atoms with Crippen molar-refractivity contribution in [2.45, 2.75) is 39.9 Å². The van der Waals surface area contributed by atoms with Crippen molar-refractivity contribution in [1.82, 2.24) is 29.7 Å². The van der Waals surface area contributed by atoms with Gasteiger partial charge in [-0.3, -0.25) is 4.79 Å². The Morgan fingerprint density at radius 1 is 1.09 bits per heavy atom. The van der Waals surface area contributed by atoms with Gasteiger partial charge in [0.1, 0.15) is 17.5 Å². The smallest absolute Gasteiger partial charge is 0.269 e. The number of fused-ring (bicyclic) bond motifs is 1. The van der Waals surface area contributed by atoms with Crippen LogP contribution >= 0.6 is 0 Å². The molecule has 10 nitrogen and oxygen atoms in total. The first kappa shape index (κ1) is 22.3. The third-order valence-electron chi connectivity index (χ3n) is 4.80. The summed E-state index contributed by atoms with van der Waals surface area (Å²) in [6.45, 7) is 7.68. The molecule has 4 aromatic heterocycles. The molecule has 4 aromatic rings. The number of amides is 1. The third kappa shape index (κ3) is 5.12. The molecule has 0 aliphatic rings. The van der Waals surface area contributed by atoms with Crippen LogP contribution in [0.3, 0.4) is 0 Å². The Hall–Kier alpha value is -3.92. The molecule has 0 saturated heterocycles. The molecular weight excluding hydrogens is 422 g/mol. The molecule has 0 aromatic carbocycles. The molecule has 0 bridgehead atoms. The zero-order valence-corrected chi connectivity index (χ0v) is 18.9. The van der Waals surface area contributed by atoms with Crippen LogP contribution in [0.4, 0.5) is 5.82 Å². The van der Waals surface area contributed by atoms with Gasteiger partial charge in [-0.2, -0.15) is 9.78 Å². The van der Waals surface area contributed by atoms with Crippen LogP contribution in [0.2, 0.25) is 0 Å². The first-order valence-electron chi connectivity index (χ1n) is 10.5. The lowest BCUT2D eigenvalue weighted by molar-refractivity contribution is -0.126. The summed E-state index contributed by atoms with van der Waals surface area (Å²) in [5.41, 5.74) is 2.45. The van der Waals surface area contributed by atoms with E-state index in [2.05, 4.69) is 30.4 Å². The Labute approximate surface area is 191 Å². The molecule has 0 fully saturated rings. The Kier molecular flexibility index (Phi) is 6.55. The summed E-state index contributed by atoms with van der Waals surface area (Å²) < 4.78 is 13.3. The minimum Gasteiger partial charge on any atom is -0.461 e. The van der Waals surface area contributed by atoms with Gasteiger partial charge in [-0.05, 0) is 51.0 Å². The summed E-state index contributed by atoms with van der Waals surface area (Å²) in [5.74, 6) is 0.908. The molecule has 0 spiro atoms. The SMILES string of the molecule is Cc1ccc(NC(=O)[C@H](COC(C)C)Oc2ncnc3c2cnn3-c2ncccc2C)nc1. The molecule has 0 aliphatic carbocycles. The van der Waals surface area contributed by atoms with Crippen molar-refractivity contribution in [2.75, 3.05) is 11.9 Å². The van der Waals surface area contributed by atoms with Gasteiger partial charge in [-0.15, -0.1) is 0 Å². The molecule has 1 amide bonds. The summed E-state index contributed by atoms with van der Waals surface area (Å²) >= 11 is 0. The first-order chi connectivity index (χ1) is 15.9. The summed E-state index contributed by atoms with van der Waals surface area (Å²) in [4.78, 5) is 30.2. The number of nitrogens with one attached hydrogen (secondary N) is 1. The van der Waals surface area contributed by atoms with Gasteiger partial charge in [0.15, 0.2) is 11.5 Å². The molecule has 0 radical (unpaired) electrons. The molecule has 170 valence electrons. The second-order valence-electron chi connectivity index (χ2n) is 7.82. The summed E-state index contributed by atoms with van der Waals surface area (Å²) in [5, 5.41) is 7.74. The fourth-order valence-corrected chi connectivity index (χ4v) is 3.10. The summed E-state index contributed by atoms with van der Waals surface area (Å²) in [6, 6.07) is 7.40. The molecule has 4 rings (SSSR count). The van der Waals surface area contributed by atoms with Crippen LogP contribution in [0.1, 0.15) is 25.0 Å². The van der Waals surface area contributed by atoms with Crippen LogP contribution in [-0.4, -0.2) is 54.4 Å². The number of aryl methyl sites for hydroxylation is 2. The van der Waals surface area contributed by atoms with Crippen molar-refractivity contribution in [2.24, 2.45) is 0 Å². The largest absolute Gasteiger partial charge is 0.461 e. The number of hydrogen-bond donors (Lipinski definition) is 1. The van der Waals surface area contributed by atoms with E-state index in [0.717, 1.165) is 11.1 Å². The number of nitrogens with zero attached hydrogens (tertiary/aromatic N) is 6. The number of carbonyl (C=O) groups is 1. The average Bonchev–Trinajstić information content (AvgIpc) is 3.23. The number of rotatable bonds is 8. The van der Waals surface area contributed by atoms with Gasteiger partial charge in [-0.1, -0.05) is 12.1 Å². The van der Waals surface area contributed by atoms with Crippen molar-refractivity contribution in [1.29, 1.82) is 0 Å². The van der Waals surface area contributed by atoms with Crippen LogP contribution in [-0.2, 0) is 9.53 Å². The minimum atomic E-state index is -0.964. The highest BCUT2D eigenvalue weighted by Crippen LogP contribution is 2.25. The van der Waals surface area contributed by atoms with Crippen LogP contribution in [0.25, 0.3) is 16.9 Å². The molecular formula is C23H25N7O3. The highest BCUT2D eigenvalue weighted by Gasteiger charge is 2.25. The van der Waals surface area contributed by atoms with Gasteiger partial charge in [0.2, 0.25) is 12.0 Å². The third-order valence-corrected chi connectivity index (χ3v) is 4.80. The number of pyridine rings is 2. The van der Waals surface area contributed by atoms with Crippen molar-refractivity contribution in [3.63, 3.8) is 0 Å². The predicted octanol–water partition coefficient (Wildman–Crippen LogP) is 3.03. The van der Waals surface area contributed by atoms with E-state index in [1.54, 1.807) is 29.3 Å². The van der Waals surface area contributed by atoms with E-state index in [0.29, 0.717) is 22.7 Å². The van der Waals surface area contributed by atoms with Gasteiger partial charge < -0.3 is 14.8 Å². The first-order valence-corrected chi connectivity index (χ1v) is 10.5. The van der Waals surface area contributed by atoms with Crippen molar-refractivity contribution in [3.8, 4) is 11.7 Å². The Morgan fingerprint density at radius 3 is 2.67 bits per heavy atom. The van der Waals surface area contributed by atoms with Gasteiger partial charge in [0.05, 0.1) is 18.9 Å². The standard InChI is InChI=1S/C23H25N7O3/c1-14(2)32-12-18(22(31)29-19-8-7-15(3)10-25-19)33-23-17-11-28-30(21(17)26-13-27-23)20-16(4)6-5-9-24-20/h5-11,13-14,18H,12H2,1-4H3,(H,25,29,31)/t18-/m0/s1. The van der Waals surface area contributed by atoms with Crippen molar-refractivity contribution < 1.29 is 14.3 Å². The maximum atomic E-state index is 13.0. The van der Waals surface area contributed by atoms with E-state index in [1.807, 2.05) is 45.9 Å². The molecule has 1 atom stereocenters. The molecule has 33 heavy (non-hydrogen) atoms. The fourth-order valence-electron chi connectivity index (χ4n) is 3.10. The average molecular weight is 447 g/mol. The Morgan fingerprint density at radius 2 is 1.94 bits per heavy atom. The maximum absolute atomic E-state index is 13.0. The van der Waals surface area contributed by atoms with E-state index in [9.17, 15) is 4.79 Å².